The van der Waals surface area contributed by atoms with Gasteiger partial charge in [-0.3, -0.25) is 4.99 Å². The number of phenols is 1. The Balaban J connectivity index is 2.94. The monoisotopic (exact) mass is 176 g/mol. The van der Waals surface area contributed by atoms with Gasteiger partial charge in [-0.15, -0.1) is 0 Å². The fourth-order valence-electron chi connectivity index (χ4n) is 0.937. The minimum Gasteiger partial charge on any atom is -0.508 e. The van der Waals surface area contributed by atoms with E-state index in [2.05, 4.69) is 4.99 Å². The number of benzene rings is 1. The maximum atomic E-state index is 9.17. The van der Waals surface area contributed by atoms with Crippen molar-refractivity contribution in [2.24, 2.45) is 10.7 Å². The van der Waals surface area contributed by atoms with E-state index >= 15 is 0 Å². The van der Waals surface area contributed by atoms with Crippen LogP contribution in [0.1, 0.15) is 5.56 Å². The van der Waals surface area contributed by atoms with E-state index in [0.29, 0.717) is 5.70 Å². The third-order valence-corrected chi connectivity index (χ3v) is 1.58. The number of hydrogen-bond donors (Lipinski definition) is 2. The van der Waals surface area contributed by atoms with E-state index in [1.54, 1.807) is 37.5 Å². The number of aromatic hydroxyl groups is 1. The highest BCUT2D eigenvalue weighted by molar-refractivity contribution is 5.83. The average Bonchev–Trinajstić information content (AvgIpc) is 2.14. The third kappa shape index (κ3) is 2.63. The Bertz CT molecular complexity index is 343. The lowest BCUT2D eigenvalue weighted by atomic mass is 10.1. The number of nitrogens with two attached hydrogens (primary N) is 1. The molecule has 13 heavy (non-hydrogen) atoms. The maximum Gasteiger partial charge on any atom is 0.116 e. The van der Waals surface area contributed by atoms with E-state index in [1.165, 1.54) is 0 Å². The van der Waals surface area contributed by atoms with Crippen molar-refractivity contribution in [2.45, 2.75) is 0 Å². The molecule has 1 rings (SSSR count). The molecule has 0 aromatic heterocycles. The van der Waals surface area contributed by atoms with Gasteiger partial charge >= 0.3 is 0 Å². The van der Waals surface area contributed by atoms with Crippen LogP contribution in [0.2, 0.25) is 0 Å². The Morgan fingerprint density at radius 2 is 2.31 bits per heavy atom. The highest BCUT2D eigenvalue weighted by atomic mass is 16.3. The minimum absolute atomic E-state index is 0.210. The molecule has 3 nitrogen and oxygen atoms in total. The zero-order chi connectivity index (χ0) is 9.68. The zero-order valence-electron chi connectivity index (χ0n) is 7.44. The van der Waals surface area contributed by atoms with Crippen molar-refractivity contribution in [1.29, 1.82) is 0 Å². The van der Waals surface area contributed by atoms with E-state index in [0.717, 1.165) is 5.56 Å². The van der Waals surface area contributed by atoms with Crippen LogP contribution in [-0.2, 0) is 0 Å². The summed E-state index contributed by atoms with van der Waals surface area (Å²) < 4.78 is 0. The second kappa shape index (κ2) is 4.30. The minimum atomic E-state index is 0.210. The number of rotatable bonds is 2. The fourth-order valence-corrected chi connectivity index (χ4v) is 0.937. The molecule has 0 aliphatic rings. The van der Waals surface area contributed by atoms with Crippen molar-refractivity contribution in [2.75, 3.05) is 7.05 Å². The van der Waals surface area contributed by atoms with Gasteiger partial charge < -0.3 is 10.8 Å². The van der Waals surface area contributed by atoms with E-state index < -0.39 is 0 Å². The van der Waals surface area contributed by atoms with Crippen molar-refractivity contribution in [3.63, 3.8) is 0 Å². The third-order valence-electron chi connectivity index (χ3n) is 1.58. The van der Waals surface area contributed by atoms with Gasteiger partial charge in [-0.05, 0) is 18.2 Å². The van der Waals surface area contributed by atoms with Crippen LogP contribution in [-0.4, -0.2) is 18.4 Å². The summed E-state index contributed by atoms with van der Waals surface area (Å²) in [7, 11) is 1.67. The Morgan fingerprint density at radius 1 is 1.54 bits per heavy atom. The van der Waals surface area contributed by atoms with Crippen LogP contribution in [0.15, 0.2) is 35.3 Å². The molecule has 0 unspecified atom stereocenters. The molecule has 0 aliphatic heterocycles. The Labute approximate surface area is 77.2 Å². The van der Waals surface area contributed by atoms with E-state index in [-0.39, 0.29) is 5.75 Å². The predicted molar refractivity (Wildman–Crippen MR) is 54.7 cm³/mol. The van der Waals surface area contributed by atoms with Crippen molar-refractivity contribution in [1.82, 2.24) is 0 Å². The summed E-state index contributed by atoms with van der Waals surface area (Å²) in [6, 6.07) is 6.78. The lowest BCUT2D eigenvalue weighted by Crippen LogP contribution is -1.95. The van der Waals surface area contributed by atoms with Gasteiger partial charge in [0, 0.05) is 24.5 Å². The van der Waals surface area contributed by atoms with Crippen molar-refractivity contribution < 1.29 is 5.11 Å². The highest BCUT2D eigenvalue weighted by Gasteiger charge is 1.95. The molecule has 0 fully saturated rings. The van der Waals surface area contributed by atoms with Gasteiger partial charge in [-0.1, -0.05) is 12.1 Å². The van der Waals surface area contributed by atoms with Crippen molar-refractivity contribution in [3.8, 4) is 5.75 Å². The van der Waals surface area contributed by atoms with Gasteiger partial charge in [-0.2, -0.15) is 0 Å². The smallest absolute Gasteiger partial charge is 0.116 e. The number of nitrogens with zero attached hydrogens (tertiary/aromatic N) is 1. The van der Waals surface area contributed by atoms with Gasteiger partial charge in [0.15, 0.2) is 0 Å². The normalized spacial score (nSPS) is 12.2. The summed E-state index contributed by atoms with van der Waals surface area (Å²) >= 11 is 0. The molecule has 1 aromatic rings. The first kappa shape index (κ1) is 9.32. The van der Waals surface area contributed by atoms with Gasteiger partial charge in [0.05, 0.1) is 0 Å². The summed E-state index contributed by atoms with van der Waals surface area (Å²) in [5, 5.41) is 9.17. The standard InChI is InChI=1S/C10H12N2O/c1-12-6-5-10(11)8-3-2-4-9(13)7-8/h2-7,13H,11H2,1H3. The van der Waals surface area contributed by atoms with E-state index in [1.807, 2.05) is 6.07 Å². The number of phenolic OH excluding ortho intramolecular Hbond substituents is 1. The van der Waals surface area contributed by atoms with Gasteiger partial charge in [0.1, 0.15) is 5.75 Å². The Morgan fingerprint density at radius 3 is 2.92 bits per heavy atom. The molecule has 0 heterocycles. The van der Waals surface area contributed by atoms with E-state index in [4.69, 9.17) is 5.73 Å². The van der Waals surface area contributed by atoms with Crippen LogP contribution in [0, 0.1) is 0 Å². The molecule has 3 N–H and O–H groups in total. The van der Waals surface area contributed by atoms with Crippen LogP contribution >= 0.6 is 0 Å². The molecule has 1 aromatic carbocycles. The van der Waals surface area contributed by atoms with E-state index in [9.17, 15) is 5.11 Å². The molecule has 0 saturated carbocycles. The lowest BCUT2D eigenvalue weighted by molar-refractivity contribution is 0.475. The first-order chi connectivity index (χ1) is 6.24. The fraction of sp³-hybridized carbons (Fsp3) is 0.100. The Hall–Kier alpha value is -1.77. The summed E-state index contributed by atoms with van der Waals surface area (Å²) in [6.45, 7) is 0. The predicted octanol–water partition coefficient (Wildman–Crippen LogP) is 1.39. The zero-order valence-corrected chi connectivity index (χ0v) is 7.44. The summed E-state index contributed by atoms with van der Waals surface area (Å²) in [5.41, 5.74) is 7.08. The summed E-state index contributed by atoms with van der Waals surface area (Å²) in [5.74, 6) is 0.210. The highest BCUT2D eigenvalue weighted by Crippen LogP contribution is 2.14. The van der Waals surface area contributed by atoms with Gasteiger partial charge in [0.25, 0.3) is 0 Å². The van der Waals surface area contributed by atoms with Crippen molar-refractivity contribution in [3.05, 3.63) is 35.9 Å². The average molecular weight is 176 g/mol. The molecule has 3 heteroatoms. The Kier molecular flexibility index (Phi) is 3.09. The maximum absolute atomic E-state index is 9.17. The van der Waals surface area contributed by atoms with Crippen LogP contribution in [0.5, 0.6) is 5.75 Å². The molecule has 0 spiro atoms. The quantitative estimate of drug-likeness (QED) is 0.669. The molecule has 0 aliphatic carbocycles. The summed E-state index contributed by atoms with van der Waals surface area (Å²) in [6.07, 6.45) is 3.30. The van der Waals surface area contributed by atoms with Crippen LogP contribution in [0.3, 0.4) is 0 Å². The second-order valence-corrected chi connectivity index (χ2v) is 2.58. The molecule has 0 atom stereocenters. The SMILES string of the molecule is CN=CC=C(N)c1cccc(O)c1. The number of aliphatic imine (C=N–C) groups is 1. The van der Waals surface area contributed by atoms with Crippen LogP contribution < -0.4 is 5.73 Å². The number of allylic oxidation sites excluding steroid dienone is 1. The second-order valence-electron chi connectivity index (χ2n) is 2.58. The number of hydrogen-bond acceptors (Lipinski definition) is 3. The van der Waals surface area contributed by atoms with Gasteiger partial charge in [-0.25, -0.2) is 0 Å². The summed E-state index contributed by atoms with van der Waals surface area (Å²) in [4.78, 5) is 3.78. The van der Waals surface area contributed by atoms with Crippen molar-refractivity contribution >= 4 is 11.9 Å². The van der Waals surface area contributed by atoms with Crippen LogP contribution in [0.25, 0.3) is 5.70 Å². The molecular weight excluding hydrogens is 164 g/mol. The molecule has 68 valence electrons. The topological polar surface area (TPSA) is 58.6 Å². The molecule has 0 bridgehead atoms. The molecular formula is C10H12N2O. The largest absolute Gasteiger partial charge is 0.508 e. The van der Waals surface area contributed by atoms with Crippen LogP contribution in [0.4, 0.5) is 0 Å². The first-order valence-corrected chi connectivity index (χ1v) is 3.91. The molecule has 0 amide bonds. The van der Waals surface area contributed by atoms with Gasteiger partial charge in [0.2, 0.25) is 0 Å². The molecule has 0 radical (unpaired) electrons. The first-order valence-electron chi connectivity index (χ1n) is 3.91. The molecule has 0 saturated heterocycles. The lowest BCUT2D eigenvalue weighted by Gasteiger charge is -2.00.